The minimum atomic E-state index is -0.266. The van der Waals surface area contributed by atoms with Crippen molar-refractivity contribution in [2.45, 2.75) is 31.9 Å². The van der Waals surface area contributed by atoms with Gasteiger partial charge in [-0.1, -0.05) is 6.92 Å². The second-order valence-electron chi connectivity index (χ2n) is 4.31. The molecule has 2 fully saturated rings. The molecule has 0 radical (unpaired) electrons. The highest BCUT2D eigenvalue weighted by molar-refractivity contribution is 5.44. The molecule has 5 heteroatoms. The Labute approximate surface area is 93.5 Å². The number of halogens is 1. The van der Waals surface area contributed by atoms with Crippen molar-refractivity contribution in [2.24, 2.45) is 0 Å². The van der Waals surface area contributed by atoms with Crippen molar-refractivity contribution in [1.82, 2.24) is 9.97 Å². The molecule has 0 amide bonds. The summed E-state index contributed by atoms with van der Waals surface area (Å²) >= 11 is 0. The molecule has 0 aliphatic carbocycles. The average Bonchev–Trinajstić information content (AvgIpc) is 2.91. The molecular formula is C11H14FN3O. The summed E-state index contributed by atoms with van der Waals surface area (Å²) in [5, 5.41) is 0. The van der Waals surface area contributed by atoms with Gasteiger partial charge in [0.1, 0.15) is 6.33 Å². The van der Waals surface area contributed by atoms with Crippen molar-refractivity contribution < 1.29 is 9.13 Å². The van der Waals surface area contributed by atoms with E-state index in [9.17, 15) is 4.39 Å². The van der Waals surface area contributed by atoms with Crippen LogP contribution in [0.2, 0.25) is 0 Å². The molecule has 2 saturated heterocycles. The van der Waals surface area contributed by atoms with E-state index in [1.807, 2.05) is 11.8 Å². The summed E-state index contributed by atoms with van der Waals surface area (Å²) in [6.45, 7) is 3.34. The summed E-state index contributed by atoms with van der Waals surface area (Å²) in [4.78, 5) is 10.0. The van der Waals surface area contributed by atoms with Crippen LogP contribution in [-0.2, 0) is 11.2 Å². The van der Waals surface area contributed by atoms with Gasteiger partial charge in [0, 0.05) is 6.54 Å². The molecular weight excluding hydrogens is 209 g/mol. The highest BCUT2D eigenvalue weighted by atomic mass is 19.1. The second kappa shape index (κ2) is 3.66. The molecule has 2 aliphatic rings. The van der Waals surface area contributed by atoms with Gasteiger partial charge in [-0.05, 0) is 12.8 Å². The Morgan fingerprint density at radius 3 is 3.06 bits per heavy atom. The van der Waals surface area contributed by atoms with Gasteiger partial charge in [0.15, 0.2) is 11.6 Å². The van der Waals surface area contributed by atoms with Crippen LogP contribution in [-0.4, -0.2) is 35.3 Å². The van der Waals surface area contributed by atoms with Crippen LogP contribution in [0.5, 0.6) is 0 Å². The smallest absolute Gasteiger partial charge is 0.187 e. The van der Waals surface area contributed by atoms with E-state index < -0.39 is 0 Å². The van der Waals surface area contributed by atoms with Crippen LogP contribution in [0.3, 0.4) is 0 Å². The number of hydrogen-bond acceptors (Lipinski definition) is 4. The van der Waals surface area contributed by atoms with Crippen molar-refractivity contribution in [3.05, 3.63) is 17.8 Å². The molecule has 2 atom stereocenters. The first-order valence-electron chi connectivity index (χ1n) is 5.67. The van der Waals surface area contributed by atoms with Crippen molar-refractivity contribution >= 4 is 5.82 Å². The highest BCUT2D eigenvalue weighted by Crippen LogP contribution is 2.32. The molecule has 2 bridgehead atoms. The number of hydrogen-bond donors (Lipinski definition) is 0. The zero-order valence-corrected chi connectivity index (χ0v) is 9.19. The third kappa shape index (κ3) is 1.38. The average molecular weight is 223 g/mol. The molecule has 0 spiro atoms. The maximum Gasteiger partial charge on any atom is 0.187 e. The monoisotopic (exact) mass is 223 g/mol. The minimum absolute atomic E-state index is 0.254. The molecule has 16 heavy (non-hydrogen) atoms. The predicted octanol–water partition coefficient (Wildman–Crippen LogP) is 1.16. The van der Waals surface area contributed by atoms with E-state index in [1.54, 1.807) is 0 Å². The van der Waals surface area contributed by atoms with Gasteiger partial charge in [0.05, 0.1) is 24.4 Å². The Kier molecular flexibility index (Phi) is 2.28. The molecule has 86 valence electrons. The van der Waals surface area contributed by atoms with Crippen LogP contribution in [0, 0.1) is 5.82 Å². The molecule has 0 saturated carbocycles. The van der Waals surface area contributed by atoms with Gasteiger partial charge in [-0.25, -0.2) is 14.4 Å². The van der Waals surface area contributed by atoms with Crippen LogP contribution in [0.15, 0.2) is 6.33 Å². The van der Waals surface area contributed by atoms with Gasteiger partial charge in [-0.15, -0.1) is 0 Å². The van der Waals surface area contributed by atoms with Crippen molar-refractivity contribution in [1.29, 1.82) is 0 Å². The summed E-state index contributed by atoms with van der Waals surface area (Å²) < 4.78 is 19.5. The molecule has 0 aromatic carbocycles. The molecule has 2 unspecified atom stereocenters. The van der Waals surface area contributed by atoms with E-state index in [4.69, 9.17) is 4.74 Å². The van der Waals surface area contributed by atoms with Gasteiger partial charge in [0.2, 0.25) is 0 Å². The number of nitrogens with zero attached hydrogens (tertiary/aromatic N) is 3. The third-order valence-electron chi connectivity index (χ3n) is 3.35. The van der Waals surface area contributed by atoms with E-state index in [0.29, 0.717) is 30.6 Å². The van der Waals surface area contributed by atoms with E-state index in [0.717, 1.165) is 13.0 Å². The summed E-state index contributed by atoms with van der Waals surface area (Å²) in [6, 6.07) is 0.291. The quantitative estimate of drug-likeness (QED) is 0.754. The van der Waals surface area contributed by atoms with Gasteiger partial charge in [0.25, 0.3) is 0 Å². The second-order valence-corrected chi connectivity index (χ2v) is 4.31. The van der Waals surface area contributed by atoms with Crippen LogP contribution >= 0.6 is 0 Å². The van der Waals surface area contributed by atoms with E-state index in [2.05, 4.69) is 9.97 Å². The highest BCUT2D eigenvalue weighted by Gasteiger charge is 2.40. The van der Waals surface area contributed by atoms with Crippen LogP contribution in [0.4, 0.5) is 10.2 Å². The van der Waals surface area contributed by atoms with Crippen molar-refractivity contribution in [2.75, 3.05) is 18.1 Å². The minimum Gasteiger partial charge on any atom is -0.374 e. The van der Waals surface area contributed by atoms with Gasteiger partial charge < -0.3 is 9.64 Å². The maximum atomic E-state index is 14.0. The standard InChI is InChI=1S/C11H14FN3O/c1-2-9-10(12)11(14-6-13-9)15-4-8-3-7(15)5-16-8/h6-8H,2-5H2,1H3. The maximum absolute atomic E-state index is 14.0. The predicted molar refractivity (Wildman–Crippen MR) is 56.9 cm³/mol. The Balaban J connectivity index is 1.95. The van der Waals surface area contributed by atoms with Gasteiger partial charge >= 0.3 is 0 Å². The number of rotatable bonds is 2. The zero-order valence-electron chi connectivity index (χ0n) is 9.19. The summed E-state index contributed by atoms with van der Waals surface area (Å²) in [5.74, 6) is 0.181. The Morgan fingerprint density at radius 1 is 1.56 bits per heavy atom. The van der Waals surface area contributed by atoms with Crippen molar-refractivity contribution in [3.63, 3.8) is 0 Å². The van der Waals surface area contributed by atoms with E-state index in [1.165, 1.54) is 6.33 Å². The number of aryl methyl sites for hydroxylation is 1. The SMILES string of the molecule is CCc1ncnc(N2CC3CC2CO3)c1F. The fraction of sp³-hybridized carbons (Fsp3) is 0.636. The number of aromatic nitrogens is 2. The fourth-order valence-electron chi connectivity index (χ4n) is 2.50. The first kappa shape index (κ1) is 9.96. The van der Waals surface area contributed by atoms with Crippen LogP contribution < -0.4 is 4.90 Å². The van der Waals surface area contributed by atoms with E-state index >= 15 is 0 Å². The Bertz CT molecular complexity index is 412. The third-order valence-corrected chi connectivity index (χ3v) is 3.35. The molecule has 2 aliphatic heterocycles. The largest absolute Gasteiger partial charge is 0.374 e. The number of morpholine rings is 1. The molecule has 3 heterocycles. The number of ether oxygens (including phenoxy) is 1. The lowest BCUT2D eigenvalue weighted by molar-refractivity contribution is 0.0986. The first-order valence-corrected chi connectivity index (χ1v) is 5.67. The molecule has 4 nitrogen and oxygen atoms in total. The number of anilines is 1. The topological polar surface area (TPSA) is 38.2 Å². The summed E-state index contributed by atoms with van der Waals surface area (Å²) in [7, 11) is 0. The lowest BCUT2D eigenvalue weighted by atomic mass is 10.2. The van der Waals surface area contributed by atoms with Gasteiger partial charge in [-0.3, -0.25) is 0 Å². The zero-order chi connectivity index (χ0) is 11.1. The van der Waals surface area contributed by atoms with Gasteiger partial charge in [-0.2, -0.15) is 0 Å². The molecule has 1 aromatic rings. The Hall–Kier alpha value is -1.23. The van der Waals surface area contributed by atoms with E-state index in [-0.39, 0.29) is 11.9 Å². The molecule has 3 rings (SSSR count). The fourth-order valence-corrected chi connectivity index (χ4v) is 2.50. The molecule has 1 aromatic heterocycles. The van der Waals surface area contributed by atoms with Crippen molar-refractivity contribution in [3.8, 4) is 0 Å². The lowest BCUT2D eigenvalue weighted by Crippen LogP contribution is -2.38. The van der Waals surface area contributed by atoms with Crippen LogP contribution in [0.25, 0.3) is 0 Å². The lowest BCUT2D eigenvalue weighted by Gasteiger charge is -2.28. The first-order chi connectivity index (χ1) is 7.79. The summed E-state index contributed by atoms with van der Waals surface area (Å²) in [6.07, 6.45) is 3.29. The van der Waals surface area contributed by atoms with Crippen LogP contribution in [0.1, 0.15) is 19.0 Å². The number of fused-ring (bicyclic) bond motifs is 2. The summed E-state index contributed by atoms with van der Waals surface area (Å²) in [5.41, 5.74) is 0.494. The Morgan fingerprint density at radius 2 is 2.44 bits per heavy atom. The normalized spacial score (nSPS) is 27.8. The molecule has 0 N–H and O–H groups in total.